The molecule has 1 saturated heterocycles. The van der Waals surface area contributed by atoms with Gasteiger partial charge in [-0.1, -0.05) is 37.6 Å². The van der Waals surface area contributed by atoms with Crippen LogP contribution in [0.25, 0.3) is 11.1 Å². The van der Waals surface area contributed by atoms with Crippen LogP contribution in [-0.2, 0) is 29.1 Å². The van der Waals surface area contributed by atoms with Crippen molar-refractivity contribution in [3.63, 3.8) is 0 Å². The first-order chi connectivity index (χ1) is 17.4. The second-order valence-corrected chi connectivity index (χ2v) is 10.4. The molecule has 1 atom stereocenters. The first kappa shape index (κ1) is 24.7. The minimum absolute atomic E-state index is 0.0709. The van der Waals surface area contributed by atoms with Crippen molar-refractivity contribution in [1.29, 1.82) is 0 Å². The molecule has 1 amide bonds. The maximum Gasteiger partial charge on any atom is 0.267 e. The lowest BCUT2D eigenvalue weighted by Gasteiger charge is -2.33. The zero-order valence-corrected chi connectivity index (χ0v) is 21.2. The highest BCUT2D eigenvalue weighted by Crippen LogP contribution is 2.26. The number of aromatic nitrogens is 1. The summed E-state index contributed by atoms with van der Waals surface area (Å²) in [5.74, 6) is -0.202. The number of amides is 1. The van der Waals surface area contributed by atoms with Crippen LogP contribution in [0, 0.1) is 11.7 Å². The Balaban J connectivity index is 1.43. The second-order valence-electron chi connectivity index (χ2n) is 10.4. The summed E-state index contributed by atoms with van der Waals surface area (Å²) in [6.45, 7) is 8.55. The molecule has 5 rings (SSSR count). The maximum atomic E-state index is 14.1. The number of hydrogen-bond donors (Lipinski definition) is 0. The van der Waals surface area contributed by atoms with Crippen LogP contribution in [0.5, 0.6) is 0 Å². The Morgan fingerprint density at radius 1 is 1.14 bits per heavy atom. The molecule has 1 unspecified atom stereocenters. The molecular formula is C28H35FN4O3. The fourth-order valence-corrected chi connectivity index (χ4v) is 5.50. The topological polar surface area (TPSA) is 67.1 Å². The van der Waals surface area contributed by atoms with Crippen LogP contribution in [0.3, 0.4) is 0 Å². The zero-order valence-electron chi connectivity index (χ0n) is 21.2. The summed E-state index contributed by atoms with van der Waals surface area (Å²) in [7, 11) is 0. The fraction of sp³-hybridized carbons (Fsp3) is 0.536. The van der Waals surface area contributed by atoms with Gasteiger partial charge in [0.05, 0.1) is 5.71 Å². The van der Waals surface area contributed by atoms with Crippen molar-refractivity contribution in [2.75, 3.05) is 26.2 Å². The van der Waals surface area contributed by atoms with Crippen LogP contribution in [0.4, 0.5) is 4.39 Å². The Kier molecular flexibility index (Phi) is 7.23. The van der Waals surface area contributed by atoms with E-state index in [1.54, 1.807) is 17.0 Å². The van der Waals surface area contributed by atoms with Gasteiger partial charge in [0.1, 0.15) is 5.82 Å². The van der Waals surface area contributed by atoms with Crippen molar-refractivity contribution in [3.05, 3.63) is 57.8 Å². The molecule has 7 nitrogen and oxygen atoms in total. The van der Waals surface area contributed by atoms with Crippen LogP contribution in [0.1, 0.15) is 50.8 Å². The molecule has 192 valence electrons. The molecule has 1 fully saturated rings. The van der Waals surface area contributed by atoms with Gasteiger partial charge in [0.15, 0.2) is 0 Å². The summed E-state index contributed by atoms with van der Waals surface area (Å²) in [6, 6.07) is 8.04. The molecule has 8 heteroatoms. The number of fused-ring (bicyclic) bond motifs is 1. The number of nitrogens with zero attached hydrogens (tertiary/aromatic N) is 4. The fourth-order valence-electron chi connectivity index (χ4n) is 5.50. The van der Waals surface area contributed by atoms with Crippen LogP contribution >= 0.6 is 0 Å². The highest BCUT2D eigenvalue weighted by atomic mass is 19.1. The molecule has 0 spiro atoms. The van der Waals surface area contributed by atoms with Crippen molar-refractivity contribution < 1.29 is 14.0 Å². The first-order valence-corrected chi connectivity index (χ1v) is 13.2. The Hall–Kier alpha value is -3.00. The van der Waals surface area contributed by atoms with E-state index >= 15 is 0 Å². The van der Waals surface area contributed by atoms with E-state index in [2.05, 4.69) is 10.1 Å². The van der Waals surface area contributed by atoms with E-state index in [0.717, 1.165) is 36.6 Å². The van der Waals surface area contributed by atoms with Gasteiger partial charge in [-0.15, -0.1) is 0 Å². The SMILES string of the molecule is CC(C)C1=NOC(C(=O)N2CCc3c(cc(-c4cccc(F)c4)c(=O)n3CCN3CCCCC3)C2)C1. The van der Waals surface area contributed by atoms with E-state index in [0.29, 0.717) is 43.6 Å². The molecule has 0 bridgehead atoms. The number of benzene rings is 1. The third-order valence-corrected chi connectivity index (χ3v) is 7.64. The third kappa shape index (κ3) is 5.09. The minimum atomic E-state index is -0.586. The van der Waals surface area contributed by atoms with Crippen LogP contribution in [0.2, 0.25) is 0 Å². The van der Waals surface area contributed by atoms with Crippen molar-refractivity contribution >= 4 is 11.6 Å². The van der Waals surface area contributed by atoms with Crippen LogP contribution in [0.15, 0.2) is 40.3 Å². The molecule has 4 heterocycles. The van der Waals surface area contributed by atoms with Gasteiger partial charge < -0.3 is 19.2 Å². The zero-order chi connectivity index (χ0) is 25.2. The van der Waals surface area contributed by atoms with Gasteiger partial charge in [-0.25, -0.2) is 4.39 Å². The van der Waals surface area contributed by atoms with Gasteiger partial charge in [0, 0.05) is 50.3 Å². The summed E-state index contributed by atoms with van der Waals surface area (Å²) in [4.78, 5) is 36.6. The Morgan fingerprint density at radius 3 is 2.67 bits per heavy atom. The smallest absolute Gasteiger partial charge is 0.267 e. The molecule has 0 N–H and O–H groups in total. The number of hydrogen-bond acceptors (Lipinski definition) is 5. The summed E-state index contributed by atoms with van der Waals surface area (Å²) < 4.78 is 15.9. The summed E-state index contributed by atoms with van der Waals surface area (Å²) in [5, 5.41) is 4.12. The average Bonchev–Trinajstić information content (AvgIpc) is 3.39. The Morgan fingerprint density at radius 2 is 1.94 bits per heavy atom. The van der Waals surface area contributed by atoms with Gasteiger partial charge >= 0.3 is 0 Å². The molecule has 2 aromatic rings. The van der Waals surface area contributed by atoms with E-state index in [1.807, 2.05) is 24.5 Å². The van der Waals surface area contributed by atoms with E-state index in [4.69, 9.17) is 4.84 Å². The molecular weight excluding hydrogens is 459 g/mol. The molecule has 1 aromatic carbocycles. The molecule has 3 aliphatic heterocycles. The number of carbonyl (C=O) groups excluding carboxylic acids is 1. The molecule has 3 aliphatic rings. The molecule has 0 saturated carbocycles. The predicted molar refractivity (Wildman–Crippen MR) is 137 cm³/mol. The van der Waals surface area contributed by atoms with Crippen LogP contribution < -0.4 is 5.56 Å². The first-order valence-electron chi connectivity index (χ1n) is 13.2. The lowest BCUT2D eigenvalue weighted by atomic mass is 9.97. The summed E-state index contributed by atoms with van der Waals surface area (Å²) in [6.07, 6.45) is 4.18. The number of carbonyl (C=O) groups is 1. The van der Waals surface area contributed by atoms with Gasteiger partial charge in [-0.05, 0) is 61.2 Å². The number of pyridine rings is 1. The van der Waals surface area contributed by atoms with E-state index in [9.17, 15) is 14.0 Å². The standard InChI is InChI=1S/C28H35FN4O3/c1-19(2)24-17-26(36-30-24)28(35)32-12-9-25-21(18-32)16-23(20-7-6-8-22(29)15-20)27(34)33(25)14-13-31-10-4-3-5-11-31/h6-8,15-16,19,26H,3-5,9-14,17-18H2,1-2H3. The highest BCUT2D eigenvalue weighted by Gasteiger charge is 2.35. The second kappa shape index (κ2) is 10.5. The molecule has 1 aromatic heterocycles. The molecule has 36 heavy (non-hydrogen) atoms. The van der Waals surface area contributed by atoms with E-state index < -0.39 is 6.10 Å². The largest absolute Gasteiger partial charge is 0.382 e. The van der Waals surface area contributed by atoms with Gasteiger partial charge in [-0.3, -0.25) is 9.59 Å². The number of halogens is 1. The predicted octanol–water partition coefficient (Wildman–Crippen LogP) is 3.83. The highest BCUT2D eigenvalue weighted by molar-refractivity contribution is 5.93. The molecule has 0 aliphatic carbocycles. The number of piperidine rings is 1. The summed E-state index contributed by atoms with van der Waals surface area (Å²) in [5.41, 5.74) is 3.77. The monoisotopic (exact) mass is 494 g/mol. The maximum absolute atomic E-state index is 14.1. The van der Waals surface area contributed by atoms with Crippen LogP contribution in [-0.4, -0.2) is 58.3 Å². The van der Waals surface area contributed by atoms with Crippen molar-refractivity contribution in [2.45, 2.75) is 65.1 Å². The number of rotatable bonds is 6. The average molecular weight is 495 g/mol. The van der Waals surface area contributed by atoms with E-state index in [-0.39, 0.29) is 23.2 Å². The molecule has 0 radical (unpaired) electrons. The normalized spacial score (nSPS) is 20.3. The number of oxime groups is 1. The van der Waals surface area contributed by atoms with Gasteiger partial charge in [0.2, 0.25) is 6.10 Å². The van der Waals surface area contributed by atoms with Crippen molar-refractivity contribution in [2.24, 2.45) is 11.1 Å². The quantitative estimate of drug-likeness (QED) is 0.612. The van der Waals surface area contributed by atoms with Gasteiger partial charge in [0.25, 0.3) is 11.5 Å². The van der Waals surface area contributed by atoms with E-state index in [1.165, 1.54) is 31.4 Å². The third-order valence-electron chi connectivity index (χ3n) is 7.64. The lowest BCUT2D eigenvalue weighted by molar-refractivity contribution is -0.143. The Labute approximate surface area is 211 Å². The lowest BCUT2D eigenvalue weighted by Crippen LogP contribution is -2.44. The minimum Gasteiger partial charge on any atom is -0.382 e. The summed E-state index contributed by atoms with van der Waals surface area (Å²) >= 11 is 0. The number of likely N-dealkylation sites (tertiary alicyclic amines) is 1. The van der Waals surface area contributed by atoms with Crippen molar-refractivity contribution in [1.82, 2.24) is 14.4 Å². The Bertz CT molecular complexity index is 1220. The van der Waals surface area contributed by atoms with Gasteiger partial charge in [-0.2, -0.15) is 0 Å². The van der Waals surface area contributed by atoms with Crippen molar-refractivity contribution in [3.8, 4) is 11.1 Å².